The Morgan fingerprint density at radius 2 is 1.79 bits per heavy atom. The Morgan fingerprint density at radius 1 is 1.05 bits per heavy atom. The molecular formula is C16H22O3. The highest BCUT2D eigenvalue weighted by Gasteiger charge is 2.45. The van der Waals surface area contributed by atoms with Gasteiger partial charge in [-0.2, -0.15) is 0 Å². The first-order valence-corrected chi connectivity index (χ1v) is 7.07. The van der Waals surface area contributed by atoms with Gasteiger partial charge in [-0.15, -0.1) is 0 Å². The summed E-state index contributed by atoms with van der Waals surface area (Å²) in [6, 6.07) is 10.2. The Balaban J connectivity index is 1.78. The average Bonchev–Trinajstić information content (AvgIpc) is 2.38. The largest absolute Gasteiger partial charge is 0.375 e. The number of ether oxygens (including phenoxy) is 3. The quantitative estimate of drug-likeness (QED) is 0.776. The van der Waals surface area contributed by atoms with Crippen molar-refractivity contribution in [3.8, 4) is 0 Å². The normalized spacial score (nSPS) is 34.3. The average molecular weight is 262 g/mol. The molecule has 2 atom stereocenters. The third-order valence-electron chi connectivity index (χ3n) is 4.05. The van der Waals surface area contributed by atoms with Crippen LogP contribution in [0.3, 0.4) is 0 Å². The zero-order valence-electron chi connectivity index (χ0n) is 11.7. The molecule has 1 aromatic carbocycles. The van der Waals surface area contributed by atoms with Gasteiger partial charge in [-0.05, 0) is 13.8 Å². The Bertz CT molecular complexity index is 425. The molecule has 2 fully saturated rings. The summed E-state index contributed by atoms with van der Waals surface area (Å²) in [5.41, 5.74) is 0.919. The molecule has 1 aromatic rings. The highest BCUT2D eigenvalue weighted by Crippen LogP contribution is 2.43. The van der Waals surface area contributed by atoms with E-state index in [4.69, 9.17) is 14.2 Å². The molecule has 0 aromatic heterocycles. The van der Waals surface area contributed by atoms with Crippen molar-refractivity contribution in [3.63, 3.8) is 0 Å². The number of rotatable bonds is 1. The predicted molar refractivity (Wildman–Crippen MR) is 72.8 cm³/mol. The lowest BCUT2D eigenvalue weighted by molar-refractivity contribution is -0.293. The Morgan fingerprint density at radius 3 is 2.53 bits per heavy atom. The van der Waals surface area contributed by atoms with Crippen molar-refractivity contribution in [2.75, 3.05) is 13.2 Å². The highest BCUT2D eigenvalue weighted by molar-refractivity contribution is 5.16. The molecule has 3 heteroatoms. The van der Waals surface area contributed by atoms with Gasteiger partial charge < -0.3 is 14.2 Å². The van der Waals surface area contributed by atoms with Gasteiger partial charge >= 0.3 is 0 Å². The van der Waals surface area contributed by atoms with Crippen LogP contribution in [0.1, 0.15) is 45.0 Å². The molecule has 2 heterocycles. The van der Waals surface area contributed by atoms with Crippen LogP contribution in [0.4, 0.5) is 0 Å². The van der Waals surface area contributed by atoms with Crippen molar-refractivity contribution in [3.05, 3.63) is 35.9 Å². The standard InChI is InChI=1S/C16H22O3/c1-15(2)12-16(9-11-18-15)8-10-17-14(19-16)13-6-4-3-5-7-13/h3-7,14H,8-12H2,1-2H3/t14-,16+/m1/s1. The zero-order valence-corrected chi connectivity index (χ0v) is 11.7. The summed E-state index contributed by atoms with van der Waals surface area (Å²) in [4.78, 5) is 0. The van der Waals surface area contributed by atoms with Gasteiger partial charge in [0, 0.05) is 24.8 Å². The van der Waals surface area contributed by atoms with Crippen LogP contribution in [0.5, 0.6) is 0 Å². The summed E-state index contributed by atoms with van der Waals surface area (Å²) in [6.45, 7) is 5.82. The van der Waals surface area contributed by atoms with Crippen molar-refractivity contribution in [2.24, 2.45) is 0 Å². The SMILES string of the molecule is CC1(C)C[C@]2(CCO[C@@H](c3ccccc3)O2)CCO1. The van der Waals surface area contributed by atoms with Gasteiger partial charge in [0.15, 0.2) is 6.29 Å². The lowest BCUT2D eigenvalue weighted by Crippen LogP contribution is -2.50. The van der Waals surface area contributed by atoms with Gasteiger partial charge in [-0.1, -0.05) is 30.3 Å². The van der Waals surface area contributed by atoms with E-state index in [0.29, 0.717) is 0 Å². The lowest BCUT2D eigenvalue weighted by Gasteiger charge is -2.48. The molecule has 0 unspecified atom stereocenters. The molecule has 19 heavy (non-hydrogen) atoms. The van der Waals surface area contributed by atoms with Gasteiger partial charge in [0.1, 0.15) is 0 Å². The molecule has 0 N–H and O–H groups in total. The maximum atomic E-state index is 6.33. The fraction of sp³-hybridized carbons (Fsp3) is 0.625. The van der Waals surface area contributed by atoms with E-state index in [9.17, 15) is 0 Å². The fourth-order valence-corrected chi connectivity index (χ4v) is 3.19. The molecular weight excluding hydrogens is 240 g/mol. The number of hydrogen-bond donors (Lipinski definition) is 0. The minimum Gasteiger partial charge on any atom is -0.375 e. The predicted octanol–water partition coefficient (Wildman–Crippen LogP) is 3.45. The molecule has 0 radical (unpaired) electrons. The van der Waals surface area contributed by atoms with E-state index in [-0.39, 0.29) is 17.5 Å². The van der Waals surface area contributed by atoms with Crippen LogP contribution < -0.4 is 0 Å². The summed E-state index contributed by atoms with van der Waals surface area (Å²) < 4.78 is 17.9. The Hall–Kier alpha value is -0.900. The van der Waals surface area contributed by atoms with Crippen LogP contribution in [-0.4, -0.2) is 24.4 Å². The fourth-order valence-electron chi connectivity index (χ4n) is 3.19. The second-order valence-corrected chi connectivity index (χ2v) is 6.20. The van der Waals surface area contributed by atoms with Crippen LogP contribution in [0.2, 0.25) is 0 Å². The Labute approximate surface area is 114 Å². The molecule has 2 aliphatic heterocycles. The van der Waals surface area contributed by atoms with Crippen LogP contribution in [-0.2, 0) is 14.2 Å². The third-order valence-corrected chi connectivity index (χ3v) is 4.05. The minimum absolute atomic E-state index is 0.0828. The summed E-state index contributed by atoms with van der Waals surface area (Å²) in [7, 11) is 0. The van der Waals surface area contributed by atoms with E-state index in [1.54, 1.807) is 0 Å². The van der Waals surface area contributed by atoms with Gasteiger partial charge in [-0.3, -0.25) is 0 Å². The smallest absolute Gasteiger partial charge is 0.184 e. The van der Waals surface area contributed by atoms with Crippen LogP contribution in [0, 0.1) is 0 Å². The van der Waals surface area contributed by atoms with E-state index >= 15 is 0 Å². The highest BCUT2D eigenvalue weighted by atomic mass is 16.7. The summed E-state index contributed by atoms with van der Waals surface area (Å²) in [6.07, 6.45) is 2.63. The summed E-state index contributed by atoms with van der Waals surface area (Å²) >= 11 is 0. The monoisotopic (exact) mass is 262 g/mol. The van der Waals surface area contributed by atoms with Gasteiger partial charge in [-0.25, -0.2) is 0 Å². The van der Waals surface area contributed by atoms with E-state index in [1.807, 2.05) is 18.2 Å². The molecule has 1 spiro atoms. The van der Waals surface area contributed by atoms with E-state index in [2.05, 4.69) is 26.0 Å². The molecule has 0 aliphatic carbocycles. The maximum absolute atomic E-state index is 6.33. The van der Waals surface area contributed by atoms with E-state index in [0.717, 1.165) is 38.0 Å². The molecule has 3 rings (SSSR count). The number of benzene rings is 1. The second-order valence-electron chi connectivity index (χ2n) is 6.20. The van der Waals surface area contributed by atoms with E-state index < -0.39 is 0 Å². The third kappa shape index (κ3) is 2.83. The molecule has 0 saturated carbocycles. The van der Waals surface area contributed by atoms with Gasteiger partial charge in [0.25, 0.3) is 0 Å². The van der Waals surface area contributed by atoms with Crippen LogP contribution in [0.15, 0.2) is 30.3 Å². The van der Waals surface area contributed by atoms with Crippen LogP contribution in [0.25, 0.3) is 0 Å². The van der Waals surface area contributed by atoms with E-state index in [1.165, 1.54) is 0 Å². The summed E-state index contributed by atoms with van der Waals surface area (Å²) in [5.74, 6) is 0. The van der Waals surface area contributed by atoms with Crippen molar-refractivity contribution < 1.29 is 14.2 Å². The van der Waals surface area contributed by atoms with Gasteiger partial charge in [0.05, 0.1) is 24.4 Å². The molecule has 3 nitrogen and oxygen atoms in total. The van der Waals surface area contributed by atoms with Crippen molar-refractivity contribution >= 4 is 0 Å². The molecule has 0 bridgehead atoms. The Kier molecular flexibility index (Phi) is 3.37. The first kappa shape index (κ1) is 13.1. The molecule has 2 saturated heterocycles. The topological polar surface area (TPSA) is 27.7 Å². The molecule has 0 amide bonds. The molecule has 2 aliphatic rings. The first-order valence-electron chi connectivity index (χ1n) is 7.07. The van der Waals surface area contributed by atoms with Crippen molar-refractivity contribution in [1.29, 1.82) is 0 Å². The van der Waals surface area contributed by atoms with Crippen molar-refractivity contribution in [2.45, 2.75) is 50.6 Å². The summed E-state index contributed by atoms with van der Waals surface area (Å²) in [5, 5.41) is 0. The lowest BCUT2D eigenvalue weighted by atomic mass is 9.81. The molecule has 104 valence electrons. The van der Waals surface area contributed by atoms with Crippen LogP contribution >= 0.6 is 0 Å². The van der Waals surface area contributed by atoms with Gasteiger partial charge in [0.2, 0.25) is 0 Å². The number of hydrogen-bond acceptors (Lipinski definition) is 3. The first-order chi connectivity index (χ1) is 9.09. The van der Waals surface area contributed by atoms with Crippen molar-refractivity contribution in [1.82, 2.24) is 0 Å². The zero-order chi connectivity index (χ0) is 13.3. The minimum atomic E-state index is -0.233. The second kappa shape index (κ2) is 4.89. The maximum Gasteiger partial charge on any atom is 0.184 e.